The zero-order chi connectivity index (χ0) is 57.2. The van der Waals surface area contributed by atoms with Gasteiger partial charge in [0.2, 0.25) is 17.7 Å². The van der Waals surface area contributed by atoms with Crippen molar-refractivity contribution in [2.75, 3.05) is 52.4 Å². The summed E-state index contributed by atoms with van der Waals surface area (Å²) in [6.45, 7) is 34.4. The molecule has 0 radical (unpaired) electrons. The van der Waals surface area contributed by atoms with Crippen molar-refractivity contribution >= 4 is 40.9 Å². The van der Waals surface area contributed by atoms with E-state index in [4.69, 9.17) is 0 Å². The van der Waals surface area contributed by atoms with E-state index in [1.54, 1.807) is 67.4 Å². The van der Waals surface area contributed by atoms with Gasteiger partial charge in [-0.15, -0.1) is 0 Å². The van der Waals surface area contributed by atoms with Crippen molar-refractivity contribution in [3.05, 3.63) is 126 Å². The zero-order valence-corrected chi connectivity index (χ0v) is 48.6. The third kappa shape index (κ3) is 27.5. The minimum Gasteiger partial charge on any atom is -0.342 e. The summed E-state index contributed by atoms with van der Waals surface area (Å²) in [5.41, 5.74) is 2.81. The summed E-state index contributed by atoms with van der Waals surface area (Å²) < 4.78 is 0. The van der Waals surface area contributed by atoms with Crippen LogP contribution in [0.4, 0.5) is 0 Å². The normalized spacial score (nSPS) is 13.8. The molecular weight excluding hydrogens is 955 g/mol. The number of aromatic nitrogens is 3. The number of nitrogens with zero attached hydrogens (tertiary/aromatic N) is 6. The van der Waals surface area contributed by atoms with Crippen LogP contribution in [0.2, 0.25) is 0 Å². The van der Waals surface area contributed by atoms with Crippen molar-refractivity contribution in [2.24, 2.45) is 41.4 Å². The van der Waals surface area contributed by atoms with E-state index in [1.807, 2.05) is 148 Å². The topological polar surface area (TPSA) is 180 Å². The van der Waals surface area contributed by atoms with Crippen molar-refractivity contribution in [1.82, 2.24) is 35.0 Å². The van der Waals surface area contributed by atoms with Gasteiger partial charge >= 0.3 is 0 Å². The molecule has 418 valence electrons. The predicted molar refractivity (Wildman–Crippen MR) is 306 cm³/mol. The number of benzene rings is 1. The predicted octanol–water partition coefficient (Wildman–Crippen LogP) is 11.3. The Labute approximate surface area is 456 Å². The van der Waals surface area contributed by atoms with Crippen LogP contribution >= 0.6 is 0 Å². The first-order valence-corrected chi connectivity index (χ1v) is 27.5. The maximum absolute atomic E-state index is 11.4. The zero-order valence-electron chi connectivity index (χ0n) is 48.6. The van der Waals surface area contributed by atoms with E-state index in [1.165, 1.54) is 32.1 Å². The summed E-state index contributed by atoms with van der Waals surface area (Å²) in [5.74, 6) is 2.31. The van der Waals surface area contributed by atoms with Crippen LogP contribution in [0, 0.1) is 41.4 Å². The molecule has 3 amide bonds. The van der Waals surface area contributed by atoms with Crippen LogP contribution in [-0.2, 0) is 14.4 Å². The monoisotopic (exact) mass is 1050 g/mol. The maximum atomic E-state index is 11.4. The highest BCUT2D eigenvalue weighted by molar-refractivity contribution is 5.98. The number of Topliss-reactive ketones (excluding diaryl/α,β-unsaturated/α-hetero) is 4. The second-order valence-electron chi connectivity index (χ2n) is 21.1. The van der Waals surface area contributed by atoms with E-state index in [-0.39, 0.29) is 70.5 Å². The lowest BCUT2D eigenvalue weighted by Gasteiger charge is -2.28. The third-order valence-corrected chi connectivity index (χ3v) is 12.0. The highest BCUT2D eigenvalue weighted by atomic mass is 16.2. The quantitative estimate of drug-likeness (QED) is 0.141. The van der Waals surface area contributed by atoms with Gasteiger partial charge in [-0.05, 0) is 68.5 Å². The van der Waals surface area contributed by atoms with Crippen LogP contribution in [0.5, 0.6) is 0 Å². The Balaban J connectivity index is 0.000000443. The molecular formula is C62H93N7O7. The first-order chi connectivity index (χ1) is 36.0. The Hall–Kier alpha value is -6.28. The minimum absolute atomic E-state index is 0.0323. The Morgan fingerprint density at radius 3 is 1.13 bits per heavy atom. The number of hydrogen-bond donors (Lipinski definition) is 1. The largest absolute Gasteiger partial charge is 0.342 e. The molecule has 1 N–H and O–H groups in total. The molecule has 7 rings (SSSR count). The summed E-state index contributed by atoms with van der Waals surface area (Å²) >= 11 is 0. The number of nitrogens with one attached hydrogen (secondary N) is 1. The van der Waals surface area contributed by atoms with E-state index in [2.05, 4.69) is 20.3 Å². The molecule has 3 fully saturated rings. The molecule has 3 aliphatic heterocycles. The molecule has 0 atom stereocenters. The Morgan fingerprint density at radius 1 is 0.368 bits per heavy atom. The summed E-state index contributed by atoms with van der Waals surface area (Å²) in [6, 6.07) is 21.8. The van der Waals surface area contributed by atoms with Crippen LogP contribution < -0.4 is 5.32 Å². The number of carbonyl (C=O) groups excluding carboxylic acids is 7. The van der Waals surface area contributed by atoms with Crippen molar-refractivity contribution in [1.29, 1.82) is 0 Å². The molecule has 0 saturated carbocycles. The van der Waals surface area contributed by atoms with Crippen molar-refractivity contribution in [3.63, 3.8) is 0 Å². The van der Waals surface area contributed by atoms with Gasteiger partial charge in [-0.1, -0.05) is 133 Å². The molecule has 4 aromatic rings. The fourth-order valence-electron chi connectivity index (χ4n) is 7.46. The number of pyridine rings is 3. The van der Waals surface area contributed by atoms with Gasteiger partial charge in [0.05, 0.1) is 0 Å². The minimum atomic E-state index is 0.0323. The van der Waals surface area contributed by atoms with E-state index >= 15 is 0 Å². The maximum Gasteiger partial charge on any atom is 0.225 e. The average Bonchev–Trinajstić information content (AvgIpc) is 3.99. The SMILES string of the molecule is CC(C)C(=O)N1CCCC1.CC(C)C(=O)N1CCCCC1.CC(C)C(=O)N1CCNCC1.CC(C)C(=O)c1ccccc1.CC(C)C(=O)c1ccccn1.CC(C)C(=O)c1cccnc1.CC(C)C(=O)c1ccncc1. The molecule has 3 aliphatic rings. The Kier molecular flexibility index (Phi) is 34.1. The summed E-state index contributed by atoms with van der Waals surface area (Å²) in [5, 5.41) is 3.21. The molecule has 3 aromatic heterocycles. The van der Waals surface area contributed by atoms with Crippen LogP contribution in [-0.4, -0.2) is 123 Å². The lowest BCUT2D eigenvalue weighted by Crippen LogP contribution is -2.47. The van der Waals surface area contributed by atoms with Gasteiger partial charge in [0, 0.05) is 141 Å². The number of ketones is 4. The highest BCUT2D eigenvalue weighted by Crippen LogP contribution is 2.13. The van der Waals surface area contributed by atoms with Crippen molar-refractivity contribution in [3.8, 4) is 0 Å². The Bertz CT molecular complexity index is 2000. The molecule has 14 heteroatoms. The second kappa shape index (κ2) is 38.3. The number of piperidine rings is 1. The standard InChI is InChI=1S/C10H12O.2C9H11NO.C9H17NO.C9H11NO.C8H16N2O.C8H15NO/c1-8(2)10(11)9-6-4-3-5-7-9;1-7(2)9(11)8-3-5-10-6-4-8;1-7(2)9(11)8-4-3-5-10-6-8;1-8(2)9(11)10-6-4-3-5-7-10;1-7(2)9(11)8-5-3-4-6-10-8;1-7(2)8(11)10-5-3-9-4-6-10;1-7(2)8(10)9-5-3-4-6-9/h3-8H,1-2H3;2*3-7H,1-2H3;8H,3-7H2,1-2H3;3-7H,1-2H3;7,9H,3-6H2,1-2H3;7H,3-6H2,1-2H3. The molecule has 1 aromatic carbocycles. The van der Waals surface area contributed by atoms with Crippen LogP contribution in [0.1, 0.15) is 171 Å². The number of piperazine rings is 1. The Morgan fingerprint density at radius 2 is 0.750 bits per heavy atom. The second-order valence-corrected chi connectivity index (χ2v) is 21.1. The number of hydrogen-bond acceptors (Lipinski definition) is 11. The van der Waals surface area contributed by atoms with Gasteiger partial charge in [-0.25, -0.2) is 0 Å². The lowest BCUT2D eigenvalue weighted by molar-refractivity contribution is -0.135. The van der Waals surface area contributed by atoms with Gasteiger partial charge in [-0.3, -0.25) is 48.5 Å². The summed E-state index contributed by atoms with van der Waals surface area (Å²) in [4.78, 5) is 96.9. The fraction of sp³-hybridized carbons (Fsp3) is 0.548. The van der Waals surface area contributed by atoms with Gasteiger partial charge in [-0.2, -0.15) is 0 Å². The molecule has 3 saturated heterocycles. The number of rotatable bonds is 11. The molecule has 0 bridgehead atoms. The van der Waals surface area contributed by atoms with Crippen molar-refractivity contribution in [2.45, 2.75) is 129 Å². The van der Waals surface area contributed by atoms with Gasteiger partial charge in [0.15, 0.2) is 23.1 Å². The van der Waals surface area contributed by atoms with Gasteiger partial charge in [0.1, 0.15) is 5.69 Å². The molecule has 76 heavy (non-hydrogen) atoms. The lowest BCUT2D eigenvalue weighted by atomic mass is 10.0. The molecule has 14 nitrogen and oxygen atoms in total. The first kappa shape index (κ1) is 67.7. The summed E-state index contributed by atoms with van der Waals surface area (Å²) in [6.07, 6.45) is 14.2. The first-order valence-electron chi connectivity index (χ1n) is 27.5. The van der Waals surface area contributed by atoms with E-state index in [0.717, 1.165) is 63.5 Å². The number of amides is 3. The summed E-state index contributed by atoms with van der Waals surface area (Å²) in [7, 11) is 0. The molecule has 0 aliphatic carbocycles. The third-order valence-electron chi connectivity index (χ3n) is 12.0. The fourth-order valence-corrected chi connectivity index (χ4v) is 7.46. The van der Waals surface area contributed by atoms with Gasteiger partial charge in [0.25, 0.3) is 0 Å². The van der Waals surface area contributed by atoms with Crippen molar-refractivity contribution < 1.29 is 33.6 Å². The van der Waals surface area contributed by atoms with E-state index in [0.29, 0.717) is 23.1 Å². The molecule has 0 unspecified atom stereocenters. The molecule has 6 heterocycles. The van der Waals surface area contributed by atoms with Gasteiger partial charge < -0.3 is 20.0 Å². The smallest absolute Gasteiger partial charge is 0.225 e. The highest BCUT2D eigenvalue weighted by Gasteiger charge is 2.21. The van der Waals surface area contributed by atoms with Crippen LogP contribution in [0.15, 0.2) is 104 Å². The van der Waals surface area contributed by atoms with Crippen LogP contribution in [0.25, 0.3) is 0 Å². The van der Waals surface area contributed by atoms with Crippen LogP contribution in [0.3, 0.4) is 0 Å². The average molecular weight is 1050 g/mol. The van der Waals surface area contributed by atoms with E-state index in [9.17, 15) is 33.6 Å². The number of likely N-dealkylation sites (tertiary alicyclic amines) is 2. The molecule has 0 spiro atoms. The van der Waals surface area contributed by atoms with E-state index < -0.39 is 0 Å². The number of carbonyl (C=O) groups is 7.